The van der Waals surface area contributed by atoms with E-state index in [-0.39, 0.29) is 5.69 Å². The molecule has 1 N–H and O–H groups in total. The summed E-state index contributed by atoms with van der Waals surface area (Å²) >= 11 is 0. The van der Waals surface area contributed by atoms with E-state index in [1.165, 1.54) is 17.1 Å². The number of hydrogen-bond donors (Lipinski definition) is 1. The second-order valence-corrected chi connectivity index (χ2v) is 8.72. The molecule has 0 spiro atoms. The Labute approximate surface area is 206 Å². The quantitative estimate of drug-likeness (QED) is 0.387. The van der Waals surface area contributed by atoms with E-state index >= 15 is 0 Å². The van der Waals surface area contributed by atoms with Gasteiger partial charge >= 0.3 is 0 Å². The molecule has 0 atom stereocenters. The summed E-state index contributed by atoms with van der Waals surface area (Å²) in [6.45, 7) is 3.84. The number of hydrogen-bond acceptors (Lipinski definition) is 9. The van der Waals surface area contributed by atoms with Gasteiger partial charge in [0, 0.05) is 37.1 Å². The highest BCUT2D eigenvalue weighted by molar-refractivity contribution is 5.73. The van der Waals surface area contributed by atoms with E-state index in [2.05, 4.69) is 52.7 Å². The Morgan fingerprint density at radius 2 is 1.89 bits per heavy atom. The first kappa shape index (κ1) is 22.0. The first-order valence-corrected chi connectivity index (χ1v) is 11.9. The third kappa shape index (κ3) is 4.10. The van der Waals surface area contributed by atoms with E-state index < -0.39 is 5.82 Å². The number of aromatic nitrogens is 9. The first-order chi connectivity index (χ1) is 17.7. The van der Waals surface area contributed by atoms with E-state index in [1.807, 2.05) is 29.2 Å². The summed E-state index contributed by atoms with van der Waals surface area (Å²) in [6, 6.07) is 6.63. The molecule has 5 aromatic rings. The van der Waals surface area contributed by atoms with Crippen LogP contribution in [0.2, 0.25) is 0 Å². The van der Waals surface area contributed by atoms with Crippen LogP contribution in [0.5, 0.6) is 0 Å². The summed E-state index contributed by atoms with van der Waals surface area (Å²) < 4.78 is 17.8. The molecule has 1 aliphatic rings. The normalized spacial score (nSPS) is 14.4. The number of nitrogens with zero attached hydrogens (tertiary/aromatic N) is 10. The molecule has 36 heavy (non-hydrogen) atoms. The van der Waals surface area contributed by atoms with E-state index in [9.17, 15) is 4.39 Å². The molecule has 4 aromatic heterocycles. The molecule has 0 aliphatic carbocycles. The Kier molecular flexibility index (Phi) is 5.68. The zero-order valence-corrected chi connectivity index (χ0v) is 19.7. The number of imidazole rings is 1. The minimum atomic E-state index is -0.443. The van der Waals surface area contributed by atoms with E-state index in [1.54, 1.807) is 18.3 Å². The minimum absolute atomic E-state index is 0.270. The van der Waals surface area contributed by atoms with Crippen LogP contribution in [-0.2, 0) is 6.42 Å². The van der Waals surface area contributed by atoms with Gasteiger partial charge in [-0.15, -0.1) is 5.10 Å². The van der Waals surface area contributed by atoms with Gasteiger partial charge in [0.2, 0.25) is 5.95 Å². The molecule has 5 heterocycles. The van der Waals surface area contributed by atoms with Gasteiger partial charge in [-0.25, -0.2) is 23.9 Å². The second kappa shape index (κ2) is 9.29. The van der Waals surface area contributed by atoms with Crippen LogP contribution in [0, 0.1) is 5.82 Å². The van der Waals surface area contributed by atoms with Crippen molar-refractivity contribution in [3.63, 3.8) is 0 Å². The largest absolute Gasteiger partial charge is 0.352 e. The SMILES string of the molecule is CCc1cnc(N2CCC(c3cnc4c(Nc5ccc(-n6cnnn6)c(F)c5)ccnn34)CC2)nc1. The first-order valence-electron chi connectivity index (χ1n) is 11.9. The van der Waals surface area contributed by atoms with Gasteiger partial charge in [-0.3, -0.25) is 0 Å². The lowest BCUT2D eigenvalue weighted by Gasteiger charge is -2.31. The average molecular weight is 486 g/mol. The average Bonchev–Trinajstić information content (AvgIpc) is 3.60. The van der Waals surface area contributed by atoms with Gasteiger partial charge in [-0.2, -0.15) is 9.78 Å². The maximum absolute atomic E-state index is 14.7. The van der Waals surface area contributed by atoms with Crippen LogP contribution in [0.4, 0.5) is 21.7 Å². The van der Waals surface area contributed by atoms with Crippen molar-refractivity contribution in [3.05, 3.63) is 72.5 Å². The Morgan fingerprint density at radius 1 is 1.06 bits per heavy atom. The second-order valence-electron chi connectivity index (χ2n) is 8.72. The Morgan fingerprint density at radius 3 is 2.61 bits per heavy atom. The third-order valence-electron chi connectivity index (χ3n) is 6.55. The smallest absolute Gasteiger partial charge is 0.225 e. The number of nitrogens with one attached hydrogen (secondary N) is 1. The predicted molar refractivity (Wildman–Crippen MR) is 131 cm³/mol. The van der Waals surface area contributed by atoms with Crippen LogP contribution in [0.25, 0.3) is 11.3 Å². The van der Waals surface area contributed by atoms with Crippen LogP contribution in [0.3, 0.4) is 0 Å². The summed E-state index contributed by atoms with van der Waals surface area (Å²) in [7, 11) is 0. The summed E-state index contributed by atoms with van der Waals surface area (Å²) in [5.41, 5.74) is 4.50. The van der Waals surface area contributed by atoms with Crippen molar-refractivity contribution >= 4 is 23.0 Å². The number of anilines is 3. The molecule has 182 valence electrons. The number of tetrazole rings is 1. The molecule has 0 radical (unpaired) electrons. The van der Waals surface area contributed by atoms with Crippen LogP contribution < -0.4 is 10.2 Å². The van der Waals surface area contributed by atoms with Gasteiger partial charge in [0.1, 0.15) is 12.0 Å². The van der Waals surface area contributed by atoms with Crippen LogP contribution >= 0.6 is 0 Å². The van der Waals surface area contributed by atoms with Gasteiger partial charge in [0.05, 0.1) is 23.8 Å². The summed E-state index contributed by atoms with van der Waals surface area (Å²) in [5.74, 6) is 0.662. The number of halogens is 1. The highest BCUT2D eigenvalue weighted by atomic mass is 19.1. The molecule has 0 saturated carbocycles. The molecule has 6 rings (SSSR count). The number of rotatable bonds is 6. The van der Waals surface area contributed by atoms with Gasteiger partial charge < -0.3 is 10.2 Å². The van der Waals surface area contributed by atoms with Crippen molar-refractivity contribution in [3.8, 4) is 5.69 Å². The Bertz CT molecular complexity index is 1470. The number of fused-ring (bicyclic) bond motifs is 1. The van der Waals surface area contributed by atoms with E-state index in [0.29, 0.717) is 17.3 Å². The fourth-order valence-electron chi connectivity index (χ4n) is 4.56. The minimum Gasteiger partial charge on any atom is -0.352 e. The molecule has 1 fully saturated rings. The van der Waals surface area contributed by atoms with Gasteiger partial charge in [-0.05, 0) is 59.5 Å². The van der Waals surface area contributed by atoms with Gasteiger partial charge in [0.15, 0.2) is 11.5 Å². The lowest BCUT2D eigenvalue weighted by atomic mass is 9.94. The summed E-state index contributed by atoms with van der Waals surface area (Å²) in [4.78, 5) is 15.9. The van der Waals surface area contributed by atoms with Crippen molar-refractivity contribution in [1.29, 1.82) is 0 Å². The van der Waals surface area contributed by atoms with Gasteiger partial charge in [-0.1, -0.05) is 6.92 Å². The molecule has 11 nitrogen and oxygen atoms in total. The zero-order valence-electron chi connectivity index (χ0n) is 19.7. The maximum atomic E-state index is 14.7. The standard InChI is InChI=1S/C24H24FN11/c1-2-16-12-27-24(28-13-16)34-9-6-17(7-10-34)22-14-26-23-20(5-8-30-36(22)23)31-18-3-4-21(19(25)11-18)35-15-29-32-33-35/h3-5,8,11-15,17,31H,2,6-7,9-10H2,1H3. The van der Waals surface area contributed by atoms with Crippen LogP contribution in [0.15, 0.2) is 55.4 Å². The highest BCUT2D eigenvalue weighted by Crippen LogP contribution is 2.31. The van der Waals surface area contributed by atoms with Crippen LogP contribution in [0.1, 0.15) is 36.9 Å². The summed E-state index contributed by atoms with van der Waals surface area (Å²) in [5, 5.41) is 18.7. The molecular formula is C24H24FN11. The Balaban J connectivity index is 1.19. The molecule has 0 bridgehead atoms. The van der Waals surface area contributed by atoms with Crippen molar-refractivity contribution in [1.82, 2.24) is 44.8 Å². The molecule has 0 amide bonds. The third-order valence-corrected chi connectivity index (χ3v) is 6.55. The number of benzene rings is 1. The zero-order chi connectivity index (χ0) is 24.5. The van der Waals surface area contributed by atoms with Gasteiger partial charge in [0.25, 0.3) is 0 Å². The molecular weight excluding hydrogens is 461 g/mol. The highest BCUT2D eigenvalue weighted by Gasteiger charge is 2.25. The topological polar surface area (TPSA) is 115 Å². The fourth-order valence-corrected chi connectivity index (χ4v) is 4.56. The van der Waals surface area contributed by atoms with Crippen molar-refractivity contribution < 1.29 is 4.39 Å². The predicted octanol–water partition coefficient (Wildman–Crippen LogP) is 3.32. The van der Waals surface area contributed by atoms with Crippen molar-refractivity contribution in [2.75, 3.05) is 23.3 Å². The molecule has 0 unspecified atom stereocenters. The lowest BCUT2D eigenvalue weighted by Crippen LogP contribution is -2.34. The fraction of sp³-hybridized carbons (Fsp3) is 0.292. The number of aryl methyl sites for hydroxylation is 1. The maximum Gasteiger partial charge on any atom is 0.225 e. The molecule has 12 heteroatoms. The van der Waals surface area contributed by atoms with Crippen molar-refractivity contribution in [2.45, 2.75) is 32.1 Å². The van der Waals surface area contributed by atoms with E-state index in [4.69, 9.17) is 0 Å². The van der Waals surface area contributed by atoms with Crippen LogP contribution in [-0.4, -0.2) is 57.9 Å². The lowest BCUT2D eigenvalue weighted by molar-refractivity contribution is 0.484. The van der Waals surface area contributed by atoms with Crippen molar-refractivity contribution in [2.24, 2.45) is 0 Å². The molecule has 1 saturated heterocycles. The van der Waals surface area contributed by atoms with E-state index in [0.717, 1.165) is 55.2 Å². The monoisotopic (exact) mass is 485 g/mol. The number of piperidine rings is 1. The molecule has 1 aromatic carbocycles. The Hall–Kier alpha value is -4.48. The summed E-state index contributed by atoms with van der Waals surface area (Å²) in [6.07, 6.45) is 11.6. The molecule has 1 aliphatic heterocycles.